The Morgan fingerprint density at radius 2 is 1.63 bits per heavy atom. The van der Waals surface area contributed by atoms with Crippen molar-refractivity contribution in [2.45, 2.75) is 85.9 Å². The summed E-state index contributed by atoms with van der Waals surface area (Å²) >= 11 is 0. The van der Waals surface area contributed by atoms with Crippen molar-refractivity contribution in [2.75, 3.05) is 13.2 Å². The second-order valence-corrected chi connectivity index (χ2v) is 8.84. The van der Waals surface area contributed by atoms with Gasteiger partial charge in [-0.05, 0) is 75.8 Å². The molecule has 0 aliphatic rings. The first kappa shape index (κ1) is 28.2. The fourth-order valence-electron chi connectivity index (χ4n) is 3.98. The zero-order valence-corrected chi connectivity index (χ0v) is 22.2. The van der Waals surface area contributed by atoms with Crippen LogP contribution in [0.4, 0.5) is 0 Å². The van der Waals surface area contributed by atoms with Crippen LogP contribution >= 0.6 is 0 Å². The number of nitrogens with zero attached hydrogens (tertiary/aromatic N) is 1. The van der Waals surface area contributed by atoms with Crippen LogP contribution in [-0.2, 0) is 22.6 Å². The van der Waals surface area contributed by atoms with Crippen LogP contribution in [0.5, 0.6) is 11.5 Å². The number of carbonyl (C=O) groups is 2. The second-order valence-electron chi connectivity index (χ2n) is 8.84. The summed E-state index contributed by atoms with van der Waals surface area (Å²) in [6.45, 7) is 13.4. The van der Waals surface area contributed by atoms with Crippen molar-refractivity contribution in [1.82, 2.24) is 10.2 Å². The van der Waals surface area contributed by atoms with Crippen molar-refractivity contribution in [3.63, 3.8) is 0 Å². The van der Waals surface area contributed by atoms with Crippen LogP contribution in [0.2, 0.25) is 0 Å². The molecule has 0 aliphatic carbocycles. The fraction of sp³-hybridized carbons (Fsp3) is 0.517. The Bertz CT molecular complexity index is 959. The van der Waals surface area contributed by atoms with Gasteiger partial charge in [0.2, 0.25) is 11.8 Å². The number of ether oxygens (including phenoxy) is 2. The Balaban J connectivity index is 2.25. The maximum Gasteiger partial charge on any atom is 0.243 e. The Kier molecular flexibility index (Phi) is 11.6. The third kappa shape index (κ3) is 8.30. The predicted molar refractivity (Wildman–Crippen MR) is 141 cm³/mol. The van der Waals surface area contributed by atoms with Crippen LogP contribution in [0.15, 0.2) is 42.5 Å². The van der Waals surface area contributed by atoms with Crippen LogP contribution in [0, 0.1) is 6.92 Å². The SMILES string of the molecule is CCOc1ccc(CCC(=O)N(Cc2ccccc2C)[C@@H](CC)C(=O)N[C@@H](C)CC)cc1OCC. The van der Waals surface area contributed by atoms with Gasteiger partial charge in [0.05, 0.1) is 13.2 Å². The molecule has 0 spiro atoms. The number of aryl methyl sites for hydroxylation is 2. The number of amides is 2. The quantitative estimate of drug-likeness (QED) is 0.389. The Labute approximate surface area is 211 Å². The first-order chi connectivity index (χ1) is 16.8. The molecule has 0 bridgehead atoms. The van der Waals surface area contributed by atoms with Gasteiger partial charge in [-0.25, -0.2) is 0 Å². The van der Waals surface area contributed by atoms with E-state index >= 15 is 0 Å². The molecule has 0 saturated carbocycles. The summed E-state index contributed by atoms with van der Waals surface area (Å²) in [4.78, 5) is 28.4. The molecule has 2 amide bonds. The van der Waals surface area contributed by atoms with Gasteiger partial charge in [0.1, 0.15) is 6.04 Å². The van der Waals surface area contributed by atoms with Crippen molar-refractivity contribution >= 4 is 11.8 Å². The molecule has 192 valence electrons. The number of hydrogen-bond donors (Lipinski definition) is 1. The highest BCUT2D eigenvalue weighted by atomic mass is 16.5. The molecule has 2 rings (SSSR count). The van der Waals surface area contributed by atoms with Gasteiger partial charge < -0.3 is 19.7 Å². The third-order valence-electron chi connectivity index (χ3n) is 6.22. The summed E-state index contributed by atoms with van der Waals surface area (Å²) in [5.41, 5.74) is 3.16. The highest BCUT2D eigenvalue weighted by molar-refractivity contribution is 5.88. The minimum atomic E-state index is -0.518. The lowest BCUT2D eigenvalue weighted by Gasteiger charge is -2.32. The number of nitrogens with one attached hydrogen (secondary N) is 1. The van der Waals surface area contributed by atoms with E-state index in [1.807, 2.05) is 84.0 Å². The standard InChI is InChI=1S/C29H42N2O4/c1-7-22(6)30-29(33)25(8-2)31(20-24-14-12-11-13-21(24)5)28(32)18-16-23-15-17-26(34-9-3)27(19-23)35-10-4/h11-15,17,19,22,25H,7-10,16,18,20H2,1-6H3,(H,30,33)/t22-,25-/m0/s1. The number of benzene rings is 2. The minimum Gasteiger partial charge on any atom is -0.490 e. The lowest BCUT2D eigenvalue weighted by molar-refractivity contribution is -0.141. The number of carbonyl (C=O) groups excluding carboxylic acids is 2. The fourth-order valence-corrected chi connectivity index (χ4v) is 3.98. The summed E-state index contributed by atoms with van der Waals surface area (Å²) in [7, 11) is 0. The van der Waals surface area contributed by atoms with Gasteiger partial charge in [0.15, 0.2) is 11.5 Å². The molecule has 0 unspecified atom stereocenters. The number of rotatable bonds is 14. The molecule has 0 saturated heterocycles. The molecule has 1 N–H and O–H groups in total. The van der Waals surface area contributed by atoms with Gasteiger partial charge in [-0.1, -0.05) is 44.2 Å². The first-order valence-electron chi connectivity index (χ1n) is 12.9. The maximum absolute atomic E-state index is 13.6. The zero-order valence-electron chi connectivity index (χ0n) is 22.2. The molecule has 35 heavy (non-hydrogen) atoms. The lowest BCUT2D eigenvalue weighted by atomic mass is 10.0. The van der Waals surface area contributed by atoms with E-state index < -0.39 is 6.04 Å². The highest BCUT2D eigenvalue weighted by Gasteiger charge is 2.29. The molecular weight excluding hydrogens is 440 g/mol. The van der Waals surface area contributed by atoms with Crippen molar-refractivity contribution in [1.29, 1.82) is 0 Å². The van der Waals surface area contributed by atoms with Crippen molar-refractivity contribution in [2.24, 2.45) is 0 Å². The van der Waals surface area contributed by atoms with Gasteiger partial charge in [-0.2, -0.15) is 0 Å². The van der Waals surface area contributed by atoms with E-state index in [0.29, 0.717) is 50.5 Å². The van der Waals surface area contributed by atoms with Crippen LogP contribution in [0.3, 0.4) is 0 Å². The normalized spacial score (nSPS) is 12.5. The van der Waals surface area contributed by atoms with Gasteiger partial charge in [0, 0.05) is 19.0 Å². The largest absolute Gasteiger partial charge is 0.490 e. The monoisotopic (exact) mass is 482 g/mol. The highest BCUT2D eigenvalue weighted by Crippen LogP contribution is 2.29. The smallest absolute Gasteiger partial charge is 0.243 e. The Morgan fingerprint density at radius 3 is 2.26 bits per heavy atom. The minimum absolute atomic E-state index is 0.0359. The molecule has 0 radical (unpaired) electrons. The van der Waals surface area contributed by atoms with E-state index in [4.69, 9.17) is 9.47 Å². The average Bonchev–Trinajstić information content (AvgIpc) is 2.85. The van der Waals surface area contributed by atoms with E-state index in [1.54, 1.807) is 4.90 Å². The topological polar surface area (TPSA) is 67.9 Å². The molecule has 6 heteroatoms. The van der Waals surface area contributed by atoms with Crippen LogP contribution in [0.1, 0.15) is 70.6 Å². The van der Waals surface area contributed by atoms with E-state index in [9.17, 15) is 9.59 Å². The van der Waals surface area contributed by atoms with Gasteiger partial charge >= 0.3 is 0 Å². The number of hydrogen-bond acceptors (Lipinski definition) is 4. The summed E-state index contributed by atoms with van der Waals surface area (Å²) in [6, 6.07) is 13.4. The van der Waals surface area contributed by atoms with Gasteiger partial charge in [0.25, 0.3) is 0 Å². The molecule has 0 aliphatic heterocycles. The van der Waals surface area contributed by atoms with E-state index in [-0.39, 0.29) is 17.9 Å². The van der Waals surface area contributed by atoms with Crippen molar-refractivity contribution in [3.05, 3.63) is 59.2 Å². The van der Waals surface area contributed by atoms with Crippen LogP contribution in [-0.4, -0.2) is 42.0 Å². The third-order valence-corrected chi connectivity index (χ3v) is 6.22. The van der Waals surface area contributed by atoms with Crippen molar-refractivity contribution in [3.8, 4) is 11.5 Å². The lowest BCUT2D eigenvalue weighted by Crippen LogP contribution is -2.50. The van der Waals surface area contributed by atoms with E-state index in [0.717, 1.165) is 23.1 Å². The summed E-state index contributed by atoms with van der Waals surface area (Å²) in [6.07, 6.45) is 2.25. The van der Waals surface area contributed by atoms with Gasteiger partial charge in [-0.15, -0.1) is 0 Å². The Morgan fingerprint density at radius 1 is 0.943 bits per heavy atom. The molecule has 0 heterocycles. The Hall–Kier alpha value is -3.02. The molecule has 2 atom stereocenters. The summed E-state index contributed by atoms with van der Waals surface area (Å²) in [5, 5.41) is 3.07. The second kappa shape index (κ2) is 14.4. The molecule has 0 aromatic heterocycles. The summed E-state index contributed by atoms with van der Waals surface area (Å²) in [5.74, 6) is 1.27. The molecule has 0 fully saturated rings. The first-order valence-corrected chi connectivity index (χ1v) is 12.9. The average molecular weight is 483 g/mol. The molecule has 2 aromatic carbocycles. The van der Waals surface area contributed by atoms with Crippen molar-refractivity contribution < 1.29 is 19.1 Å². The molecule has 6 nitrogen and oxygen atoms in total. The predicted octanol–water partition coefficient (Wildman–Crippen LogP) is 5.45. The molecule has 2 aromatic rings. The molecular formula is C29H42N2O4. The maximum atomic E-state index is 13.6. The van der Waals surface area contributed by atoms with Crippen LogP contribution < -0.4 is 14.8 Å². The zero-order chi connectivity index (χ0) is 25.8. The van der Waals surface area contributed by atoms with Crippen LogP contribution in [0.25, 0.3) is 0 Å². The van der Waals surface area contributed by atoms with E-state index in [1.165, 1.54) is 0 Å². The van der Waals surface area contributed by atoms with Gasteiger partial charge in [-0.3, -0.25) is 9.59 Å². The summed E-state index contributed by atoms with van der Waals surface area (Å²) < 4.78 is 11.4. The van der Waals surface area contributed by atoms with E-state index in [2.05, 4.69) is 5.32 Å².